The van der Waals surface area contributed by atoms with Crippen molar-refractivity contribution in [1.82, 2.24) is 25.3 Å². The minimum atomic E-state index is -0.165. The van der Waals surface area contributed by atoms with Gasteiger partial charge in [0, 0.05) is 45.7 Å². The van der Waals surface area contributed by atoms with Crippen LogP contribution in [0.4, 0.5) is 0 Å². The number of hydrogen-bond acceptors (Lipinski definition) is 7. The van der Waals surface area contributed by atoms with Crippen molar-refractivity contribution in [3.8, 4) is 0 Å². The van der Waals surface area contributed by atoms with Crippen LogP contribution in [-0.4, -0.2) is 65.1 Å². The van der Waals surface area contributed by atoms with Gasteiger partial charge in [-0.3, -0.25) is 14.6 Å². The molecular weight excluding hydrogens is 310 g/mol. The number of amides is 1. The van der Waals surface area contributed by atoms with Crippen molar-refractivity contribution in [2.24, 2.45) is 0 Å². The Morgan fingerprint density at radius 3 is 2.75 bits per heavy atom. The van der Waals surface area contributed by atoms with Crippen molar-refractivity contribution in [1.29, 1.82) is 0 Å². The lowest BCUT2D eigenvalue weighted by Gasteiger charge is -2.33. The van der Waals surface area contributed by atoms with Crippen LogP contribution in [0.5, 0.6) is 0 Å². The summed E-state index contributed by atoms with van der Waals surface area (Å²) < 4.78 is 10.3. The molecule has 8 nitrogen and oxygen atoms in total. The molecule has 1 saturated heterocycles. The Morgan fingerprint density at radius 2 is 2.08 bits per heavy atom. The molecule has 2 aromatic rings. The largest absolute Gasteiger partial charge is 0.459 e. The molecule has 8 heteroatoms. The van der Waals surface area contributed by atoms with E-state index in [1.54, 1.807) is 12.1 Å². The summed E-state index contributed by atoms with van der Waals surface area (Å²) in [7, 11) is 0. The third kappa shape index (κ3) is 4.42. The molecular formula is C16H23N5O3. The summed E-state index contributed by atoms with van der Waals surface area (Å²) >= 11 is 0. The molecule has 24 heavy (non-hydrogen) atoms. The molecule has 1 amide bonds. The van der Waals surface area contributed by atoms with Crippen LogP contribution in [0.1, 0.15) is 29.2 Å². The van der Waals surface area contributed by atoms with Crippen molar-refractivity contribution in [3.05, 3.63) is 35.9 Å². The van der Waals surface area contributed by atoms with Crippen molar-refractivity contribution in [3.63, 3.8) is 0 Å². The first-order valence-corrected chi connectivity index (χ1v) is 8.32. The Hall–Kier alpha value is -2.19. The van der Waals surface area contributed by atoms with E-state index < -0.39 is 0 Å². The number of aryl methyl sites for hydroxylation is 1. The van der Waals surface area contributed by atoms with Gasteiger partial charge in [-0.1, -0.05) is 12.1 Å². The molecule has 0 bridgehead atoms. The Bertz CT molecular complexity index is 632. The number of carbonyl (C=O) groups is 1. The zero-order valence-electron chi connectivity index (χ0n) is 13.9. The number of furan rings is 1. The molecule has 0 atom stereocenters. The monoisotopic (exact) mass is 333 g/mol. The molecule has 3 rings (SSSR count). The molecule has 130 valence electrons. The van der Waals surface area contributed by atoms with E-state index >= 15 is 0 Å². The fourth-order valence-electron chi connectivity index (χ4n) is 2.68. The maximum Gasteiger partial charge on any atom is 0.287 e. The van der Waals surface area contributed by atoms with Gasteiger partial charge < -0.3 is 14.3 Å². The Balaban J connectivity index is 1.34. The zero-order valence-corrected chi connectivity index (χ0v) is 13.9. The van der Waals surface area contributed by atoms with Crippen LogP contribution in [-0.2, 0) is 13.0 Å². The molecule has 0 unspecified atom stereocenters. The van der Waals surface area contributed by atoms with Crippen LogP contribution < -0.4 is 5.32 Å². The van der Waals surface area contributed by atoms with Gasteiger partial charge in [0.2, 0.25) is 5.89 Å². The van der Waals surface area contributed by atoms with E-state index in [2.05, 4.69) is 25.3 Å². The van der Waals surface area contributed by atoms with Crippen LogP contribution in [0, 0.1) is 0 Å². The molecule has 0 aromatic carbocycles. The second-order valence-electron chi connectivity index (χ2n) is 5.81. The number of aromatic nitrogens is 2. The topological polar surface area (TPSA) is 87.6 Å². The first-order valence-electron chi connectivity index (χ1n) is 8.32. The average molecular weight is 333 g/mol. The molecule has 0 saturated carbocycles. The van der Waals surface area contributed by atoms with E-state index in [-0.39, 0.29) is 5.91 Å². The SMILES string of the molecule is CCc1noc(CN2CCN(CCNC(=O)c3ccco3)CC2)n1. The van der Waals surface area contributed by atoms with Crippen LogP contribution in [0.15, 0.2) is 27.3 Å². The number of piperazine rings is 1. The van der Waals surface area contributed by atoms with Crippen molar-refractivity contribution in [2.75, 3.05) is 39.3 Å². The van der Waals surface area contributed by atoms with Crippen molar-refractivity contribution in [2.45, 2.75) is 19.9 Å². The molecule has 1 N–H and O–H groups in total. The van der Waals surface area contributed by atoms with Gasteiger partial charge in [0.1, 0.15) is 0 Å². The highest BCUT2D eigenvalue weighted by Gasteiger charge is 2.19. The molecule has 0 radical (unpaired) electrons. The highest BCUT2D eigenvalue weighted by molar-refractivity contribution is 5.91. The summed E-state index contributed by atoms with van der Waals surface area (Å²) in [5.41, 5.74) is 0. The quantitative estimate of drug-likeness (QED) is 0.801. The molecule has 1 fully saturated rings. The Morgan fingerprint density at radius 1 is 1.29 bits per heavy atom. The lowest BCUT2D eigenvalue weighted by atomic mass is 10.3. The van der Waals surface area contributed by atoms with E-state index in [1.807, 2.05) is 6.92 Å². The van der Waals surface area contributed by atoms with E-state index in [9.17, 15) is 4.79 Å². The van der Waals surface area contributed by atoms with E-state index in [0.717, 1.165) is 45.0 Å². The van der Waals surface area contributed by atoms with Gasteiger partial charge in [-0.2, -0.15) is 4.98 Å². The minimum absolute atomic E-state index is 0.165. The summed E-state index contributed by atoms with van der Waals surface area (Å²) in [4.78, 5) is 20.8. The fourth-order valence-corrected chi connectivity index (χ4v) is 2.68. The van der Waals surface area contributed by atoms with E-state index in [0.29, 0.717) is 24.7 Å². The van der Waals surface area contributed by atoms with Gasteiger partial charge >= 0.3 is 0 Å². The Kier molecular flexibility index (Phi) is 5.60. The highest BCUT2D eigenvalue weighted by atomic mass is 16.5. The molecule has 1 aliphatic rings. The summed E-state index contributed by atoms with van der Waals surface area (Å²) in [5, 5.41) is 6.79. The van der Waals surface area contributed by atoms with E-state index in [1.165, 1.54) is 6.26 Å². The van der Waals surface area contributed by atoms with E-state index in [4.69, 9.17) is 8.94 Å². The lowest BCUT2D eigenvalue weighted by molar-refractivity contribution is 0.0902. The van der Waals surface area contributed by atoms with Crippen molar-refractivity contribution < 1.29 is 13.7 Å². The lowest BCUT2D eigenvalue weighted by Crippen LogP contribution is -2.48. The maximum atomic E-state index is 11.8. The summed E-state index contributed by atoms with van der Waals surface area (Å²) in [6, 6.07) is 3.37. The predicted molar refractivity (Wildman–Crippen MR) is 86.4 cm³/mol. The van der Waals surface area contributed by atoms with Crippen LogP contribution >= 0.6 is 0 Å². The van der Waals surface area contributed by atoms with Crippen LogP contribution in [0.2, 0.25) is 0 Å². The highest BCUT2D eigenvalue weighted by Crippen LogP contribution is 2.07. The van der Waals surface area contributed by atoms with Gasteiger partial charge in [0.25, 0.3) is 5.91 Å². The molecule has 2 aromatic heterocycles. The second-order valence-corrected chi connectivity index (χ2v) is 5.81. The second kappa shape index (κ2) is 8.07. The smallest absolute Gasteiger partial charge is 0.287 e. The first-order chi connectivity index (χ1) is 11.7. The number of carbonyl (C=O) groups excluding carboxylic acids is 1. The first kappa shape index (κ1) is 16.7. The minimum Gasteiger partial charge on any atom is -0.459 e. The summed E-state index contributed by atoms with van der Waals surface area (Å²) in [6.07, 6.45) is 2.29. The number of rotatable bonds is 7. The summed E-state index contributed by atoms with van der Waals surface area (Å²) in [5.74, 6) is 1.63. The van der Waals surface area contributed by atoms with Gasteiger partial charge in [-0.05, 0) is 12.1 Å². The average Bonchev–Trinajstić information content (AvgIpc) is 3.28. The van der Waals surface area contributed by atoms with Crippen molar-refractivity contribution >= 4 is 5.91 Å². The molecule has 0 aliphatic carbocycles. The standard InChI is InChI=1S/C16H23N5O3/c1-2-14-18-15(24-19-14)12-21-9-7-20(8-10-21)6-5-17-16(22)13-4-3-11-23-13/h3-4,11H,2,5-10,12H2,1H3,(H,17,22). The van der Waals surface area contributed by atoms with Gasteiger partial charge in [0.05, 0.1) is 12.8 Å². The van der Waals surface area contributed by atoms with Crippen LogP contribution in [0.3, 0.4) is 0 Å². The Labute approximate surface area is 140 Å². The molecule has 0 spiro atoms. The van der Waals surface area contributed by atoms with Crippen LogP contribution in [0.25, 0.3) is 0 Å². The summed E-state index contributed by atoms with van der Waals surface area (Å²) in [6.45, 7) is 8.00. The maximum absolute atomic E-state index is 11.8. The fraction of sp³-hybridized carbons (Fsp3) is 0.562. The molecule has 3 heterocycles. The third-order valence-electron chi connectivity index (χ3n) is 4.11. The normalized spacial score (nSPS) is 16.4. The number of nitrogens with one attached hydrogen (secondary N) is 1. The zero-order chi connectivity index (χ0) is 16.8. The van der Waals surface area contributed by atoms with Gasteiger partial charge in [-0.25, -0.2) is 0 Å². The predicted octanol–water partition coefficient (Wildman–Crippen LogP) is 0.773. The van der Waals surface area contributed by atoms with Gasteiger partial charge in [0.15, 0.2) is 11.6 Å². The molecule has 1 aliphatic heterocycles. The number of hydrogen-bond donors (Lipinski definition) is 1. The third-order valence-corrected chi connectivity index (χ3v) is 4.11. The van der Waals surface area contributed by atoms with Gasteiger partial charge in [-0.15, -0.1) is 0 Å². The number of nitrogens with zero attached hydrogens (tertiary/aromatic N) is 4.